The summed E-state index contributed by atoms with van der Waals surface area (Å²) in [5.74, 6) is 0.838. The Balaban J connectivity index is 0.000000670. The molecule has 0 fully saturated rings. The molecule has 4 aromatic rings. The van der Waals surface area contributed by atoms with Crippen LogP contribution in [0.2, 0.25) is 5.02 Å². The maximum Gasteiger partial charge on any atom is 0.207 e. The molecule has 2 aromatic heterocycles. The lowest BCUT2D eigenvalue weighted by Gasteiger charge is -2.04. The number of H-pyrrole nitrogens is 1. The average molecular weight is 555 g/mol. The van der Waals surface area contributed by atoms with Crippen LogP contribution in [0, 0.1) is 12.8 Å². The smallest absolute Gasteiger partial charge is 0.207 e. The van der Waals surface area contributed by atoms with Crippen molar-refractivity contribution in [3.63, 3.8) is 0 Å². The zero-order valence-corrected chi connectivity index (χ0v) is 26.4. The molecule has 0 bridgehead atoms. The molecule has 4 rings (SSSR count). The number of amides is 1. The van der Waals surface area contributed by atoms with Gasteiger partial charge < -0.3 is 15.6 Å². The standard InChI is InChI=1S/C18H13ClN2.C6H15N.C5H11NO.2C2H6/c1-11-2-5-16-12(8-11)3-6-18(21-16)15-10-20-17-7-4-13(19)9-14(15)17;1-4-6(2)5-7-3;1-2-3-4-6-5-7;2*1-2/h2-10,20H,1H3;6-7H,4-5H2,1-3H3;5H,2-4H2,1H3,(H,6,7);2*1-2H3. The SMILES string of the molecule is CC.CC.CCC(C)CNC.CCCCNC=O.Cc1ccc2nc(-c3c[nH]c4ccc(Cl)cc34)ccc2c1. The van der Waals surface area contributed by atoms with Gasteiger partial charge in [-0.3, -0.25) is 4.79 Å². The second-order valence-electron chi connectivity index (χ2n) is 8.78. The highest BCUT2D eigenvalue weighted by atomic mass is 35.5. The second kappa shape index (κ2) is 22.0. The van der Waals surface area contributed by atoms with E-state index in [1.807, 2.05) is 59.1 Å². The van der Waals surface area contributed by atoms with Gasteiger partial charge in [0, 0.05) is 39.6 Å². The molecule has 2 heterocycles. The van der Waals surface area contributed by atoms with Gasteiger partial charge in [-0.1, -0.05) is 90.6 Å². The molecule has 0 radical (unpaired) electrons. The molecule has 5 nitrogen and oxygen atoms in total. The average Bonchev–Trinajstić information content (AvgIpc) is 3.39. The Morgan fingerprint density at radius 3 is 2.33 bits per heavy atom. The number of pyridine rings is 1. The molecule has 3 N–H and O–H groups in total. The lowest BCUT2D eigenvalue weighted by Crippen LogP contribution is -2.14. The first kappa shape index (κ1) is 36.1. The first-order chi connectivity index (χ1) is 18.9. The Morgan fingerprint density at radius 2 is 1.74 bits per heavy atom. The lowest BCUT2D eigenvalue weighted by molar-refractivity contribution is -0.109. The fourth-order valence-corrected chi connectivity index (χ4v) is 3.70. The molecule has 0 saturated carbocycles. The van der Waals surface area contributed by atoms with Crippen molar-refractivity contribution in [1.29, 1.82) is 0 Å². The van der Waals surface area contributed by atoms with Crippen LogP contribution in [-0.4, -0.2) is 36.5 Å². The Hall–Kier alpha value is -2.89. The topological polar surface area (TPSA) is 69.8 Å². The summed E-state index contributed by atoms with van der Waals surface area (Å²) in [6, 6.07) is 16.3. The van der Waals surface area contributed by atoms with E-state index in [0.717, 1.165) is 76.3 Å². The number of halogens is 1. The van der Waals surface area contributed by atoms with Gasteiger partial charge in [0.15, 0.2) is 0 Å². The Kier molecular flexibility index (Phi) is 20.4. The number of nitrogens with zero attached hydrogens (tertiary/aromatic N) is 1. The van der Waals surface area contributed by atoms with E-state index in [4.69, 9.17) is 16.6 Å². The van der Waals surface area contributed by atoms with E-state index < -0.39 is 0 Å². The number of carbonyl (C=O) groups excluding carboxylic acids is 1. The molecular formula is C33H51ClN4O. The van der Waals surface area contributed by atoms with E-state index in [1.54, 1.807) is 0 Å². The predicted molar refractivity (Wildman–Crippen MR) is 174 cm³/mol. The van der Waals surface area contributed by atoms with Crippen molar-refractivity contribution in [2.24, 2.45) is 5.92 Å². The number of aromatic nitrogens is 2. The van der Waals surface area contributed by atoms with Gasteiger partial charge in [0.1, 0.15) is 0 Å². The Morgan fingerprint density at radius 1 is 1.03 bits per heavy atom. The minimum atomic E-state index is 0.732. The summed E-state index contributed by atoms with van der Waals surface area (Å²) >= 11 is 6.11. The van der Waals surface area contributed by atoms with E-state index in [1.165, 1.54) is 12.0 Å². The fraction of sp³-hybridized carbons (Fsp3) is 0.455. The van der Waals surface area contributed by atoms with Crippen LogP contribution in [0.15, 0.2) is 54.7 Å². The number of aromatic amines is 1. The van der Waals surface area contributed by atoms with E-state index >= 15 is 0 Å². The summed E-state index contributed by atoms with van der Waals surface area (Å²) in [6.45, 7) is 18.6. The number of benzene rings is 2. The van der Waals surface area contributed by atoms with Gasteiger partial charge in [-0.2, -0.15) is 0 Å². The van der Waals surface area contributed by atoms with E-state index in [0.29, 0.717) is 0 Å². The zero-order valence-electron chi connectivity index (χ0n) is 25.6. The minimum absolute atomic E-state index is 0.732. The third kappa shape index (κ3) is 13.1. The number of hydrogen-bond donors (Lipinski definition) is 3. The van der Waals surface area contributed by atoms with Gasteiger partial charge in [-0.25, -0.2) is 4.98 Å². The predicted octanol–water partition coefficient (Wildman–Crippen LogP) is 9.18. The van der Waals surface area contributed by atoms with Gasteiger partial charge in [0.25, 0.3) is 0 Å². The van der Waals surface area contributed by atoms with E-state index in [2.05, 4.69) is 73.6 Å². The van der Waals surface area contributed by atoms with Crippen molar-refractivity contribution >= 4 is 39.8 Å². The van der Waals surface area contributed by atoms with Crippen LogP contribution in [0.4, 0.5) is 0 Å². The molecule has 216 valence electrons. The highest BCUT2D eigenvalue weighted by molar-refractivity contribution is 6.31. The molecule has 1 amide bonds. The fourth-order valence-electron chi connectivity index (χ4n) is 3.53. The Labute approximate surface area is 242 Å². The molecule has 0 aliphatic heterocycles. The lowest BCUT2D eigenvalue weighted by atomic mass is 10.1. The number of unbranched alkanes of at least 4 members (excludes halogenated alkanes) is 1. The molecule has 0 spiro atoms. The third-order valence-corrected chi connectivity index (χ3v) is 6.01. The van der Waals surface area contributed by atoms with Crippen LogP contribution in [0.1, 0.15) is 73.3 Å². The normalized spacial score (nSPS) is 10.4. The summed E-state index contributed by atoms with van der Waals surface area (Å²) in [7, 11) is 1.99. The monoisotopic (exact) mass is 554 g/mol. The van der Waals surface area contributed by atoms with Crippen molar-refractivity contribution in [3.05, 3.63) is 65.3 Å². The third-order valence-electron chi connectivity index (χ3n) is 5.77. The van der Waals surface area contributed by atoms with Gasteiger partial charge >= 0.3 is 0 Å². The molecule has 1 atom stereocenters. The summed E-state index contributed by atoms with van der Waals surface area (Å²) in [5.41, 5.74) is 5.36. The molecule has 1 unspecified atom stereocenters. The summed E-state index contributed by atoms with van der Waals surface area (Å²) in [6.07, 6.45) is 6.22. The largest absolute Gasteiger partial charge is 0.360 e. The second-order valence-corrected chi connectivity index (χ2v) is 9.22. The van der Waals surface area contributed by atoms with Crippen molar-refractivity contribution in [1.82, 2.24) is 20.6 Å². The molecule has 0 aliphatic carbocycles. The highest BCUT2D eigenvalue weighted by Gasteiger charge is 2.08. The van der Waals surface area contributed by atoms with Crippen LogP contribution in [0.5, 0.6) is 0 Å². The summed E-state index contributed by atoms with van der Waals surface area (Å²) in [4.78, 5) is 17.6. The number of nitrogens with one attached hydrogen (secondary N) is 3. The van der Waals surface area contributed by atoms with E-state index in [9.17, 15) is 4.79 Å². The number of aryl methyl sites for hydroxylation is 1. The van der Waals surface area contributed by atoms with Gasteiger partial charge in [-0.15, -0.1) is 0 Å². The van der Waals surface area contributed by atoms with Crippen LogP contribution in [0.25, 0.3) is 33.1 Å². The molecule has 0 saturated heterocycles. The maximum atomic E-state index is 9.57. The van der Waals surface area contributed by atoms with Crippen molar-refractivity contribution < 1.29 is 4.79 Å². The summed E-state index contributed by atoms with van der Waals surface area (Å²) in [5, 5.41) is 8.68. The molecule has 2 aromatic carbocycles. The molecule has 0 aliphatic rings. The zero-order chi connectivity index (χ0) is 29.6. The first-order valence-corrected chi connectivity index (χ1v) is 14.8. The number of fused-ring (bicyclic) bond motifs is 2. The highest BCUT2D eigenvalue weighted by Crippen LogP contribution is 2.30. The quantitative estimate of drug-likeness (QED) is 0.150. The van der Waals surface area contributed by atoms with Crippen molar-refractivity contribution in [2.45, 2.75) is 74.7 Å². The summed E-state index contributed by atoms with van der Waals surface area (Å²) < 4.78 is 0. The van der Waals surface area contributed by atoms with E-state index in [-0.39, 0.29) is 0 Å². The maximum absolute atomic E-state index is 9.57. The Bertz CT molecular complexity index is 1190. The first-order valence-electron chi connectivity index (χ1n) is 14.4. The van der Waals surface area contributed by atoms with Crippen molar-refractivity contribution in [3.8, 4) is 11.3 Å². The number of rotatable bonds is 8. The van der Waals surface area contributed by atoms with Crippen LogP contribution >= 0.6 is 11.6 Å². The van der Waals surface area contributed by atoms with Crippen molar-refractivity contribution in [2.75, 3.05) is 20.1 Å². The molecule has 6 heteroatoms. The van der Waals surface area contributed by atoms with Gasteiger partial charge in [-0.05, 0) is 69.3 Å². The van der Waals surface area contributed by atoms with Crippen LogP contribution in [0.3, 0.4) is 0 Å². The number of hydrogen-bond acceptors (Lipinski definition) is 3. The van der Waals surface area contributed by atoms with Crippen LogP contribution in [-0.2, 0) is 4.79 Å². The number of carbonyl (C=O) groups is 1. The van der Waals surface area contributed by atoms with Crippen LogP contribution < -0.4 is 10.6 Å². The van der Waals surface area contributed by atoms with Gasteiger partial charge in [0.05, 0.1) is 11.2 Å². The van der Waals surface area contributed by atoms with Gasteiger partial charge in [0.2, 0.25) is 6.41 Å². The molecular weight excluding hydrogens is 504 g/mol. The minimum Gasteiger partial charge on any atom is -0.360 e. The molecule has 39 heavy (non-hydrogen) atoms.